The van der Waals surface area contributed by atoms with Crippen LogP contribution >= 0.6 is 0 Å². The van der Waals surface area contributed by atoms with E-state index in [1.165, 1.54) is 19.3 Å². The van der Waals surface area contributed by atoms with Crippen LogP contribution in [0.4, 0.5) is 0 Å². The van der Waals surface area contributed by atoms with E-state index < -0.39 is 16.0 Å². The zero-order valence-corrected chi connectivity index (χ0v) is 14.5. The van der Waals surface area contributed by atoms with Gasteiger partial charge in [0.25, 0.3) is 0 Å². The van der Waals surface area contributed by atoms with Crippen LogP contribution in [0.3, 0.4) is 0 Å². The van der Waals surface area contributed by atoms with Crippen LogP contribution in [-0.2, 0) is 3.74 Å². The van der Waals surface area contributed by atoms with Crippen LogP contribution < -0.4 is 33.7 Å². The van der Waals surface area contributed by atoms with Crippen molar-refractivity contribution in [1.82, 2.24) is 0 Å². The number of ketones is 1. The van der Waals surface area contributed by atoms with Crippen LogP contribution in [0.2, 0.25) is 0 Å². The van der Waals surface area contributed by atoms with Gasteiger partial charge in [-0.1, -0.05) is 49.6 Å². The van der Waals surface area contributed by atoms with Gasteiger partial charge in [0.05, 0.1) is 0 Å². The fourth-order valence-corrected chi connectivity index (χ4v) is 2.00. The van der Waals surface area contributed by atoms with Crippen molar-refractivity contribution < 1.29 is 42.2 Å². The summed E-state index contributed by atoms with van der Waals surface area (Å²) in [6.45, 7) is 0. The van der Waals surface area contributed by atoms with Crippen LogP contribution in [0.5, 0.6) is 0 Å². The predicted molar refractivity (Wildman–Crippen MR) is 63.5 cm³/mol. The molecule has 5 heteroatoms. The molecule has 0 atom stereocenters. The summed E-state index contributed by atoms with van der Waals surface area (Å²) in [6, 6.07) is 9.61. The first kappa shape index (κ1) is 18.2. The topological polar surface area (TPSA) is 57.2 Å². The summed E-state index contributed by atoms with van der Waals surface area (Å²) < 4.78 is 16.9. The van der Waals surface area contributed by atoms with E-state index in [2.05, 4.69) is 0 Å². The molecule has 0 aliphatic heterocycles. The summed E-state index contributed by atoms with van der Waals surface area (Å²) in [5, 5.41) is 0. The Morgan fingerprint density at radius 3 is 2.06 bits per heavy atom. The SMILES string of the molecule is O=C([C]1CCCCC1)c1ccccc1.O=[As][O-].[Na+]. The molecule has 1 aromatic carbocycles. The Labute approximate surface area is 137 Å². The van der Waals surface area contributed by atoms with E-state index in [1.807, 2.05) is 30.3 Å². The molecule has 1 aliphatic rings. The van der Waals surface area contributed by atoms with Crippen LogP contribution in [0.1, 0.15) is 42.5 Å². The Kier molecular flexibility index (Phi) is 11.2. The molecule has 3 nitrogen and oxygen atoms in total. The number of rotatable bonds is 2. The molecule has 18 heavy (non-hydrogen) atoms. The van der Waals surface area contributed by atoms with Gasteiger partial charge in [-0.25, -0.2) is 0 Å². The average molecular weight is 317 g/mol. The molecular formula is C13H15AsNaO3. The van der Waals surface area contributed by atoms with Gasteiger partial charge < -0.3 is 0 Å². The molecule has 0 spiro atoms. The van der Waals surface area contributed by atoms with Crippen LogP contribution in [0, 0.1) is 5.92 Å². The van der Waals surface area contributed by atoms with Gasteiger partial charge in [-0.3, -0.25) is 4.79 Å². The average Bonchev–Trinajstić information content (AvgIpc) is 2.41. The predicted octanol–water partition coefficient (Wildman–Crippen LogP) is -1.28. The molecule has 0 heterocycles. The summed E-state index contributed by atoms with van der Waals surface area (Å²) in [6.07, 6.45) is 5.68. The summed E-state index contributed by atoms with van der Waals surface area (Å²) in [7, 11) is 0. The molecule has 0 amide bonds. The van der Waals surface area contributed by atoms with E-state index in [0.29, 0.717) is 0 Å². The van der Waals surface area contributed by atoms with Crippen LogP contribution in [0.25, 0.3) is 0 Å². The Bertz CT molecular complexity index is 351. The van der Waals surface area contributed by atoms with Crippen molar-refractivity contribution in [2.24, 2.45) is 0 Å². The fourth-order valence-electron chi connectivity index (χ4n) is 2.00. The normalized spacial score (nSPS) is 15.2. The maximum absolute atomic E-state index is 12.0. The zero-order valence-electron chi connectivity index (χ0n) is 10.6. The van der Waals surface area contributed by atoms with E-state index in [9.17, 15) is 4.79 Å². The number of carbonyl (C=O) groups excluding carboxylic acids is 1. The summed E-state index contributed by atoms with van der Waals surface area (Å²) in [5.41, 5.74) is 0.851. The Morgan fingerprint density at radius 1 is 1.06 bits per heavy atom. The molecular weight excluding hydrogens is 302 g/mol. The fraction of sp³-hybridized carbons (Fsp3) is 0.385. The first-order chi connectivity index (χ1) is 8.29. The molecule has 2 rings (SSSR count). The van der Waals surface area contributed by atoms with Gasteiger partial charge in [0.15, 0.2) is 5.78 Å². The molecule has 1 aromatic rings. The van der Waals surface area contributed by atoms with Gasteiger partial charge in [0, 0.05) is 11.5 Å². The molecule has 0 saturated heterocycles. The molecule has 1 fully saturated rings. The number of hydrogen-bond donors (Lipinski definition) is 0. The third-order valence-electron chi connectivity index (χ3n) is 2.81. The Balaban J connectivity index is 0.000000660. The van der Waals surface area contributed by atoms with E-state index in [-0.39, 0.29) is 35.3 Å². The van der Waals surface area contributed by atoms with E-state index >= 15 is 0 Å². The Hall–Kier alpha value is 0.208. The smallest absolute Gasteiger partial charge is 1.00 e. The molecule has 0 unspecified atom stereocenters. The monoisotopic (exact) mass is 317 g/mol. The van der Waals surface area contributed by atoms with Gasteiger partial charge in [0.2, 0.25) is 0 Å². The molecule has 91 valence electrons. The van der Waals surface area contributed by atoms with Gasteiger partial charge in [0.1, 0.15) is 0 Å². The second-order valence-electron chi connectivity index (χ2n) is 3.93. The van der Waals surface area contributed by atoms with Gasteiger partial charge in [-0.15, -0.1) is 0 Å². The van der Waals surface area contributed by atoms with Crippen molar-refractivity contribution in [2.75, 3.05) is 0 Å². The third-order valence-corrected chi connectivity index (χ3v) is 2.81. The maximum atomic E-state index is 12.0. The van der Waals surface area contributed by atoms with Gasteiger partial charge in [-0.05, 0) is 12.8 Å². The molecule has 0 bridgehead atoms. The van der Waals surface area contributed by atoms with Crippen molar-refractivity contribution in [3.63, 3.8) is 0 Å². The Morgan fingerprint density at radius 2 is 1.56 bits per heavy atom. The van der Waals surface area contributed by atoms with E-state index in [4.69, 9.17) is 7.84 Å². The van der Waals surface area contributed by atoms with E-state index in [1.54, 1.807) is 0 Å². The number of benzene rings is 1. The van der Waals surface area contributed by atoms with Crippen molar-refractivity contribution in [1.29, 1.82) is 0 Å². The van der Waals surface area contributed by atoms with Crippen molar-refractivity contribution in [3.05, 3.63) is 41.8 Å². The van der Waals surface area contributed by atoms with Gasteiger partial charge >= 0.3 is 53.4 Å². The molecule has 1 radical (unpaired) electrons. The number of carbonyl (C=O) groups is 1. The third kappa shape index (κ3) is 6.40. The number of hydrogen-bond acceptors (Lipinski definition) is 3. The minimum Gasteiger partial charge on any atom is 1.00 e. The maximum Gasteiger partial charge on any atom is 1.00 e. The van der Waals surface area contributed by atoms with E-state index in [0.717, 1.165) is 24.3 Å². The summed E-state index contributed by atoms with van der Waals surface area (Å²) in [5.74, 6) is 1.40. The minimum atomic E-state index is -1.81. The first-order valence-corrected chi connectivity index (χ1v) is 7.22. The van der Waals surface area contributed by atoms with Crippen LogP contribution in [0.15, 0.2) is 30.3 Å². The first-order valence-electron chi connectivity index (χ1n) is 5.69. The second-order valence-corrected chi connectivity index (χ2v) is 4.25. The molecule has 0 N–H and O–H groups in total. The van der Waals surface area contributed by atoms with Crippen molar-refractivity contribution in [3.8, 4) is 0 Å². The summed E-state index contributed by atoms with van der Waals surface area (Å²) in [4.78, 5) is 12.0. The van der Waals surface area contributed by atoms with Gasteiger partial charge in [-0.2, -0.15) is 0 Å². The quantitative estimate of drug-likeness (QED) is 0.504. The van der Waals surface area contributed by atoms with Crippen molar-refractivity contribution in [2.45, 2.75) is 32.1 Å². The van der Waals surface area contributed by atoms with Crippen molar-refractivity contribution >= 4 is 21.8 Å². The van der Waals surface area contributed by atoms with Crippen LogP contribution in [-0.4, -0.2) is 21.8 Å². The number of Topliss-reactive ketones (excluding diaryl/α,β-unsaturated/α-hetero) is 1. The summed E-state index contributed by atoms with van der Waals surface area (Å²) >= 11 is -1.81. The molecule has 1 saturated carbocycles. The second kappa shape index (κ2) is 11.1. The molecule has 1 aliphatic carbocycles. The standard InChI is InChI=1S/C13H15O.AsHO2.Na/c14-13(11-7-3-1-4-8-11)12-9-5-2-6-10-12;2-1-3;/h1,3-4,7-8H,2,5-6,9-10H2;(H,2,3);/q;;+1/p-1. The molecule has 0 aromatic heterocycles. The minimum absolute atomic E-state index is 0. The largest absolute Gasteiger partial charge is 1.00 e. The zero-order chi connectivity index (χ0) is 12.5.